The van der Waals surface area contributed by atoms with Crippen molar-refractivity contribution in [2.75, 3.05) is 0 Å². The standard InChI is InChI=1S/C21H26N2/c1-16(2)15-22-11-12-23-20-10-9-17(3)13-19(20)14-21(23)18-7-5-4-6-8-18/h4-8,11,14-15,17H,9-10,12-13H2,1-3H3. The lowest BCUT2D eigenvalue weighted by Gasteiger charge is -2.20. The molecule has 2 aromatic rings. The Morgan fingerprint density at radius 3 is 2.78 bits per heavy atom. The summed E-state index contributed by atoms with van der Waals surface area (Å²) in [6.07, 6.45) is 7.63. The van der Waals surface area contributed by atoms with Gasteiger partial charge in [0.15, 0.2) is 0 Å². The largest absolute Gasteiger partial charge is 0.339 e. The van der Waals surface area contributed by atoms with Crippen molar-refractivity contribution in [3.05, 3.63) is 59.4 Å². The van der Waals surface area contributed by atoms with E-state index >= 15 is 0 Å². The molecule has 1 atom stereocenters. The van der Waals surface area contributed by atoms with Crippen LogP contribution in [-0.4, -0.2) is 10.8 Å². The van der Waals surface area contributed by atoms with E-state index in [0.29, 0.717) is 0 Å². The maximum atomic E-state index is 4.44. The number of benzene rings is 1. The Hall–Kier alpha value is -2.09. The first-order valence-corrected chi connectivity index (χ1v) is 8.57. The second-order valence-corrected chi connectivity index (χ2v) is 6.86. The molecule has 0 fully saturated rings. The molecule has 1 unspecified atom stereocenters. The van der Waals surface area contributed by atoms with Crippen molar-refractivity contribution in [3.63, 3.8) is 0 Å². The van der Waals surface area contributed by atoms with Gasteiger partial charge in [-0.05, 0) is 56.2 Å². The van der Waals surface area contributed by atoms with Gasteiger partial charge in [0.1, 0.15) is 0 Å². The lowest BCUT2D eigenvalue weighted by atomic mass is 9.89. The van der Waals surface area contributed by atoms with Crippen LogP contribution in [0.25, 0.3) is 11.3 Å². The van der Waals surface area contributed by atoms with Gasteiger partial charge in [-0.1, -0.05) is 42.8 Å². The number of nitrogens with zero attached hydrogens (tertiary/aromatic N) is 2. The van der Waals surface area contributed by atoms with Gasteiger partial charge >= 0.3 is 0 Å². The number of aromatic nitrogens is 1. The zero-order valence-electron chi connectivity index (χ0n) is 14.4. The molecule has 1 aromatic heterocycles. The van der Waals surface area contributed by atoms with Gasteiger partial charge in [-0.25, -0.2) is 0 Å². The molecule has 1 aliphatic rings. The molecule has 0 amide bonds. The third-order valence-corrected chi connectivity index (χ3v) is 4.51. The minimum absolute atomic E-state index is 0.793. The van der Waals surface area contributed by atoms with E-state index in [1.807, 2.05) is 12.4 Å². The summed E-state index contributed by atoms with van der Waals surface area (Å²) < 4.78 is 2.46. The Bertz CT molecular complexity index is 716. The van der Waals surface area contributed by atoms with Gasteiger partial charge in [-0.15, -0.1) is 0 Å². The maximum absolute atomic E-state index is 4.44. The first-order valence-electron chi connectivity index (χ1n) is 8.57. The average molecular weight is 306 g/mol. The van der Waals surface area contributed by atoms with Crippen LogP contribution in [-0.2, 0) is 19.4 Å². The first-order chi connectivity index (χ1) is 11.1. The number of rotatable bonds is 4. The molecule has 0 aliphatic heterocycles. The monoisotopic (exact) mass is 306 g/mol. The normalized spacial score (nSPS) is 17.3. The van der Waals surface area contributed by atoms with Crippen LogP contribution in [0.1, 0.15) is 38.4 Å². The average Bonchev–Trinajstić information content (AvgIpc) is 2.90. The Morgan fingerprint density at radius 2 is 2.04 bits per heavy atom. The number of hydrogen-bond donors (Lipinski definition) is 0. The number of allylic oxidation sites excluding steroid dienone is 1. The summed E-state index contributed by atoms with van der Waals surface area (Å²) in [5, 5.41) is 0. The molecule has 0 spiro atoms. The summed E-state index contributed by atoms with van der Waals surface area (Å²) in [6, 6.07) is 13.1. The van der Waals surface area contributed by atoms with Crippen molar-refractivity contribution in [2.45, 2.75) is 46.6 Å². The number of fused-ring (bicyclic) bond motifs is 1. The van der Waals surface area contributed by atoms with E-state index in [1.165, 1.54) is 47.4 Å². The van der Waals surface area contributed by atoms with Crippen LogP contribution in [0, 0.1) is 5.92 Å². The highest BCUT2D eigenvalue weighted by atomic mass is 15.0. The Balaban J connectivity index is 1.98. The van der Waals surface area contributed by atoms with E-state index < -0.39 is 0 Å². The van der Waals surface area contributed by atoms with E-state index in [9.17, 15) is 0 Å². The van der Waals surface area contributed by atoms with Crippen molar-refractivity contribution >= 4 is 6.21 Å². The molecule has 1 aromatic carbocycles. The fraction of sp³-hybridized carbons (Fsp3) is 0.381. The smallest absolute Gasteiger partial charge is 0.0581 e. The molecule has 2 heteroatoms. The van der Waals surface area contributed by atoms with Crippen molar-refractivity contribution in [3.8, 4) is 11.3 Å². The van der Waals surface area contributed by atoms with E-state index in [1.54, 1.807) is 0 Å². The number of aliphatic imine (C=N–C) groups is 1. The van der Waals surface area contributed by atoms with Gasteiger partial charge in [0.2, 0.25) is 0 Å². The molecule has 0 radical (unpaired) electrons. The predicted octanol–water partition coefficient (Wildman–Crippen LogP) is 5.27. The highest BCUT2D eigenvalue weighted by molar-refractivity contribution is 5.66. The molecule has 0 saturated carbocycles. The molecule has 1 aliphatic carbocycles. The third kappa shape index (κ3) is 3.64. The van der Waals surface area contributed by atoms with Crippen LogP contribution in [0.5, 0.6) is 0 Å². The van der Waals surface area contributed by atoms with Crippen molar-refractivity contribution in [1.29, 1.82) is 0 Å². The Labute approximate surface area is 139 Å². The molecular weight excluding hydrogens is 280 g/mol. The van der Waals surface area contributed by atoms with Crippen LogP contribution < -0.4 is 0 Å². The van der Waals surface area contributed by atoms with Crippen molar-refractivity contribution < 1.29 is 0 Å². The topological polar surface area (TPSA) is 17.3 Å². The predicted molar refractivity (Wildman–Crippen MR) is 99.0 cm³/mol. The zero-order valence-corrected chi connectivity index (χ0v) is 14.4. The van der Waals surface area contributed by atoms with Gasteiger partial charge in [0.25, 0.3) is 0 Å². The molecule has 0 saturated heterocycles. The van der Waals surface area contributed by atoms with Crippen LogP contribution in [0.3, 0.4) is 0 Å². The van der Waals surface area contributed by atoms with E-state index in [4.69, 9.17) is 0 Å². The van der Waals surface area contributed by atoms with Crippen LogP contribution in [0.4, 0.5) is 0 Å². The van der Waals surface area contributed by atoms with Gasteiger partial charge in [0, 0.05) is 23.8 Å². The lowest BCUT2D eigenvalue weighted by molar-refractivity contribution is 0.489. The van der Waals surface area contributed by atoms with Gasteiger partial charge in [-0.3, -0.25) is 4.99 Å². The Morgan fingerprint density at radius 1 is 1.26 bits per heavy atom. The summed E-state index contributed by atoms with van der Waals surface area (Å²) in [6.45, 7) is 7.35. The third-order valence-electron chi connectivity index (χ3n) is 4.51. The Kier molecular flexibility index (Phi) is 4.80. The summed E-state index contributed by atoms with van der Waals surface area (Å²) >= 11 is 0. The van der Waals surface area contributed by atoms with Crippen molar-refractivity contribution in [1.82, 2.24) is 4.57 Å². The lowest BCUT2D eigenvalue weighted by Crippen LogP contribution is -2.14. The van der Waals surface area contributed by atoms with E-state index in [-0.39, 0.29) is 0 Å². The van der Waals surface area contributed by atoms with E-state index in [0.717, 1.165) is 12.5 Å². The summed E-state index contributed by atoms with van der Waals surface area (Å²) in [4.78, 5) is 4.44. The molecule has 1 heterocycles. The van der Waals surface area contributed by atoms with Gasteiger partial charge in [0.05, 0.1) is 6.54 Å². The molecule has 120 valence electrons. The highest BCUT2D eigenvalue weighted by Gasteiger charge is 2.21. The van der Waals surface area contributed by atoms with Crippen LogP contribution >= 0.6 is 0 Å². The van der Waals surface area contributed by atoms with Crippen LogP contribution in [0.2, 0.25) is 0 Å². The molecule has 2 nitrogen and oxygen atoms in total. The molecule has 0 N–H and O–H groups in total. The molecule has 23 heavy (non-hydrogen) atoms. The second-order valence-electron chi connectivity index (χ2n) is 6.86. The fourth-order valence-corrected chi connectivity index (χ4v) is 3.37. The summed E-state index contributed by atoms with van der Waals surface area (Å²) in [5.41, 5.74) is 6.88. The van der Waals surface area contributed by atoms with Crippen LogP contribution in [0.15, 0.2) is 53.2 Å². The molecule has 3 rings (SSSR count). The van der Waals surface area contributed by atoms with E-state index in [2.05, 4.69) is 66.7 Å². The first kappa shape index (κ1) is 15.8. The quantitative estimate of drug-likeness (QED) is 0.684. The minimum atomic E-state index is 0.793. The minimum Gasteiger partial charge on any atom is -0.339 e. The highest BCUT2D eigenvalue weighted by Crippen LogP contribution is 2.32. The molecule has 0 bridgehead atoms. The zero-order chi connectivity index (χ0) is 16.2. The fourth-order valence-electron chi connectivity index (χ4n) is 3.37. The number of hydrogen-bond acceptors (Lipinski definition) is 1. The second kappa shape index (κ2) is 6.99. The molecular formula is C21H26N2. The van der Waals surface area contributed by atoms with Gasteiger partial charge in [-0.2, -0.15) is 0 Å². The summed E-state index contributed by atoms with van der Waals surface area (Å²) in [5.74, 6) is 0.793. The maximum Gasteiger partial charge on any atom is 0.0581 e. The summed E-state index contributed by atoms with van der Waals surface area (Å²) in [7, 11) is 0. The van der Waals surface area contributed by atoms with Crippen molar-refractivity contribution in [2.24, 2.45) is 10.9 Å². The SMILES string of the molecule is CC(C)=CN=CCn1c(-c2ccccc2)cc2c1CCC(C)C2. The van der Waals surface area contributed by atoms with Gasteiger partial charge < -0.3 is 4.57 Å².